The van der Waals surface area contributed by atoms with E-state index in [0.29, 0.717) is 24.8 Å². The van der Waals surface area contributed by atoms with Crippen LogP contribution in [-0.4, -0.2) is 70.0 Å². The van der Waals surface area contributed by atoms with Gasteiger partial charge < -0.3 is 24.1 Å². The minimum atomic E-state index is -1.68. The van der Waals surface area contributed by atoms with Gasteiger partial charge in [-0.05, 0) is 51.0 Å². The maximum atomic E-state index is 12.8. The molecule has 10 atom stereocenters. The van der Waals surface area contributed by atoms with E-state index in [1.807, 2.05) is 20.8 Å². The molecule has 3 rings (SSSR count). The summed E-state index contributed by atoms with van der Waals surface area (Å²) in [6.07, 6.45) is -2.40. The highest BCUT2D eigenvalue weighted by atomic mass is 17.1. The molecule has 0 amide bonds. The van der Waals surface area contributed by atoms with Crippen LogP contribution in [-0.2, 0) is 38.2 Å². The van der Waals surface area contributed by atoms with Crippen LogP contribution in [0.4, 0.5) is 0 Å². The van der Waals surface area contributed by atoms with Crippen LogP contribution in [0.2, 0.25) is 0 Å². The largest absolute Gasteiger partial charge is 0.458 e. The Bertz CT molecular complexity index is 913. The second-order valence-electron chi connectivity index (χ2n) is 11.9. The first kappa shape index (κ1) is 30.5. The molecular formula is C28H44O10. The van der Waals surface area contributed by atoms with E-state index in [-0.39, 0.29) is 24.7 Å². The number of carbonyl (C=O) groups is 3. The monoisotopic (exact) mass is 540 g/mol. The van der Waals surface area contributed by atoms with Gasteiger partial charge in [0.1, 0.15) is 29.5 Å². The fourth-order valence-corrected chi connectivity index (χ4v) is 7.10. The third-order valence-corrected chi connectivity index (χ3v) is 8.58. The number of hydrogen-bond donors (Lipinski definition) is 2. The standard InChI is InChI=1S/C28H44O10/c1-9-10-20(31)37-27(7)12-11-18(38-33)15(4)13-19-23-22(25(27)36-19)21(14(2)3)24(34-16(5)29)26(28(23,8)32)35-17(6)30/h14,18-19,21-26,32-33H,4,9-13H2,1-3,5-8H3/t18-,19+,21+,22+,23+,24-,25+,26+,27+,28-/m0/s1. The molecule has 0 spiro atoms. The summed E-state index contributed by atoms with van der Waals surface area (Å²) in [4.78, 5) is 42.0. The Balaban J connectivity index is 2.22. The van der Waals surface area contributed by atoms with Crippen molar-refractivity contribution in [3.8, 4) is 0 Å². The molecule has 2 saturated heterocycles. The Hall–Kier alpha value is -2.01. The molecule has 3 aliphatic rings. The van der Waals surface area contributed by atoms with Crippen molar-refractivity contribution in [2.45, 2.75) is 122 Å². The molecule has 0 aromatic heterocycles. The van der Waals surface area contributed by atoms with Gasteiger partial charge in [0.15, 0.2) is 6.10 Å². The third-order valence-electron chi connectivity index (χ3n) is 8.58. The summed E-state index contributed by atoms with van der Waals surface area (Å²) >= 11 is 0. The molecule has 38 heavy (non-hydrogen) atoms. The van der Waals surface area contributed by atoms with Gasteiger partial charge in [0, 0.05) is 38.0 Å². The zero-order chi connectivity index (χ0) is 28.6. The third kappa shape index (κ3) is 5.78. The lowest BCUT2D eigenvalue weighted by molar-refractivity contribution is -0.273. The van der Waals surface area contributed by atoms with Crippen molar-refractivity contribution in [1.29, 1.82) is 0 Å². The molecule has 10 nitrogen and oxygen atoms in total. The first-order valence-corrected chi connectivity index (χ1v) is 13.6. The van der Waals surface area contributed by atoms with Crippen LogP contribution in [0.3, 0.4) is 0 Å². The minimum absolute atomic E-state index is 0.0823. The molecule has 0 radical (unpaired) electrons. The van der Waals surface area contributed by atoms with Gasteiger partial charge in [-0.15, -0.1) is 0 Å². The van der Waals surface area contributed by atoms with Gasteiger partial charge in [0.2, 0.25) is 0 Å². The second-order valence-corrected chi connectivity index (χ2v) is 11.9. The lowest BCUT2D eigenvalue weighted by atomic mass is 9.55. The predicted molar refractivity (Wildman–Crippen MR) is 136 cm³/mol. The summed E-state index contributed by atoms with van der Waals surface area (Å²) in [6, 6.07) is 0. The number of carbonyl (C=O) groups excluding carboxylic acids is 3. The molecule has 0 unspecified atom stereocenters. The summed E-state index contributed by atoms with van der Waals surface area (Å²) in [5.74, 6) is -3.06. The van der Waals surface area contributed by atoms with E-state index in [2.05, 4.69) is 6.58 Å². The molecule has 2 bridgehead atoms. The first-order valence-electron chi connectivity index (χ1n) is 13.6. The molecule has 1 saturated carbocycles. The molecule has 1 aliphatic carbocycles. The van der Waals surface area contributed by atoms with E-state index in [0.717, 1.165) is 0 Å². The van der Waals surface area contributed by atoms with E-state index in [9.17, 15) is 24.7 Å². The number of ether oxygens (including phenoxy) is 4. The first-order chi connectivity index (χ1) is 17.7. The fraction of sp³-hybridized carbons (Fsp3) is 0.821. The van der Waals surface area contributed by atoms with Crippen molar-refractivity contribution < 1.29 is 48.6 Å². The van der Waals surface area contributed by atoms with Gasteiger partial charge in [-0.1, -0.05) is 27.4 Å². The maximum absolute atomic E-state index is 12.8. The van der Waals surface area contributed by atoms with Crippen molar-refractivity contribution in [2.24, 2.45) is 23.7 Å². The highest BCUT2D eigenvalue weighted by Gasteiger charge is 2.69. The van der Waals surface area contributed by atoms with E-state index in [1.165, 1.54) is 13.8 Å². The zero-order valence-corrected chi connectivity index (χ0v) is 23.6. The van der Waals surface area contributed by atoms with E-state index in [1.54, 1.807) is 13.8 Å². The Labute approximate surface area is 224 Å². The molecule has 2 aliphatic heterocycles. The second kappa shape index (κ2) is 11.6. The summed E-state index contributed by atoms with van der Waals surface area (Å²) in [5, 5.41) is 21.7. The number of aliphatic hydroxyl groups is 1. The fourth-order valence-electron chi connectivity index (χ4n) is 7.10. The van der Waals surface area contributed by atoms with Crippen LogP contribution in [0.1, 0.15) is 80.6 Å². The molecule has 10 heteroatoms. The van der Waals surface area contributed by atoms with E-state index >= 15 is 0 Å². The minimum Gasteiger partial charge on any atom is -0.458 e. The van der Waals surface area contributed by atoms with Gasteiger partial charge in [-0.25, -0.2) is 4.89 Å². The summed E-state index contributed by atoms with van der Waals surface area (Å²) in [6.45, 7) is 15.9. The number of hydrogen-bond acceptors (Lipinski definition) is 10. The SMILES string of the molecule is C=C1C[C@H]2O[C@H]([C@@H]3[C@@H](C(C)C)[C@H](OC(C)=O)[C@@H](OC(C)=O)[C@@](C)(O)[C@@H]32)[C@](C)(OC(=O)CCC)CC[C@@H]1OO. The Kier molecular flexibility index (Phi) is 9.33. The Morgan fingerprint density at radius 2 is 1.79 bits per heavy atom. The van der Waals surface area contributed by atoms with Crippen LogP contribution in [0.15, 0.2) is 12.2 Å². The van der Waals surface area contributed by atoms with Crippen molar-refractivity contribution in [2.75, 3.05) is 0 Å². The topological polar surface area (TPSA) is 138 Å². The van der Waals surface area contributed by atoms with E-state index in [4.69, 9.17) is 23.8 Å². The van der Waals surface area contributed by atoms with Crippen molar-refractivity contribution in [3.63, 3.8) is 0 Å². The molecule has 2 heterocycles. The normalized spacial score (nSPS) is 40.9. The van der Waals surface area contributed by atoms with Crippen LogP contribution < -0.4 is 0 Å². The number of rotatable bonds is 7. The number of esters is 3. The van der Waals surface area contributed by atoms with Crippen molar-refractivity contribution in [1.82, 2.24) is 0 Å². The van der Waals surface area contributed by atoms with Gasteiger partial charge >= 0.3 is 17.9 Å². The average Bonchev–Trinajstić information content (AvgIpc) is 3.17. The number of fused-ring (bicyclic) bond motifs is 5. The average molecular weight is 541 g/mol. The van der Waals surface area contributed by atoms with Crippen LogP contribution in [0.5, 0.6) is 0 Å². The van der Waals surface area contributed by atoms with Gasteiger partial charge in [-0.3, -0.25) is 19.6 Å². The van der Waals surface area contributed by atoms with Crippen LogP contribution in [0.25, 0.3) is 0 Å². The Morgan fingerprint density at radius 3 is 2.32 bits per heavy atom. The molecule has 2 N–H and O–H groups in total. The maximum Gasteiger partial charge on any atom is 0.306 e. The lowest BCUT2D eigenvalue weighted by Crippen LogP contribution is -2.68. The zero-order valence-electron chi connectivity index (χ0n) is 23.6. The highest BCUT2D eigenvalue weighted by molar-refractivity contribution is 5.70. The van der Waals surface area contributed by atoms with Crippen LogP contribution >= 0.6 is 0 Å². The van der Waals surface area contributed by atoms with Gasteiger partial charge in [0.05, 0.1) is 6.10 Å². The molecule has 0 aromatic rings. The van der Waals surface area contributed by atoms with Crippen molar-refractivity contribution >= 4 is 17.9 Å². The summed E-state index contributed by atoms with van der Waals surface area (Å²) in [5.41, 5.74) is -2.25. The quantitative estimate of drug-likeness (QED) is 0.162. The van der Waals surface area contributed by atoms with Gasteiger partial charge in [0.25, 0.3) is 0 Å². The van der Waals surface area contributed by atoms with E-state index < -0.39 is 71.4 Å². The lowest BCUT2D eigenvalue weighted by Gasteiger charge is -2.55. The predicted octanol–water partition coefficient (Wildman–Crippen LogP) is 3.59. The smallest absolute Gasteiger partial charge is 0.306 e. The molecule has 0 aromatic carbocycles. The van der Waals surface area contributed by atoms with Gasteiger partial charge in [-0.2, -0.15) is 0 Å². The molecule has 3 fully saturated rings. The summed E-state index contributed by atoms with van der Waals surface area (Å²) in [7, 11) is 0. The Morgan fingerprint density at radius 1 is 1.16 bits per heavy atom. The van der Waals surface area contributed by atoms with Crippen LogP contribution in [0, 0.1) is 23.7 Å². The molecule has 216 valence electrons. The highest BCUT2D eigenvalue weighted by Crippen LogP contribution is 2.58. The van der Waals surface area contributed by atoms with Crippen molar-refractivity contribution in [3.05, 3.63) is 12.2 Å². The molecular weight excluding hydrogens is 496 g/mol. The summed E-state index contributed by atoms with van der Waals surface area (Å²) < 4.78 is 24.3.